The van der Waals surface area contributed by atoms with Gasteiger partial charge in [0.15, 0.2) is 11.0 Å². The van der Waals surface area contributed by atoms with E-state index in [1.165, 1.54) is 11.1 Å². The molecule has 11 heteroatoms. The van der Waals surface area contributed by atoms with E-state index in [1.54, 1.807) is 24.8 Å². The molecule has 0 bridgehead atoms. The van der Waals surface area contributed by atoms with Crippen molar-refractivity contribution in [3.63, 3.8) is 0 Å². The maximum absolute atomic E-state index is 6.39. The Hall–Kier alpha value is -8.05. The third kappa shape index (κ3) is 9.95. The van der Waals surface area contributed by atoms with Crippen molar-refractivity contribution in [2.45, 2.75) is 13.1 Å². The van der Waals surface area contributed by atoms with E-state index in [0.717, 1.165) is 66.4 Å². The number of hydrogen-bond acceptors (Lipinski definition) is 10. The van der Waals surface area contributed by atoms with Gasteiger partial charge in [-0.3, -0.25) is 9.97 Å². The number of nitrogens with zero attached hydrogens (tertiary/aromatic N) is 6. The van der Waals surface area contributed by atoms with Gasteiger partial charge in [0, 0.05) is 70.5 Å². The third-order valence-electron chi connectivity index (χ3n) is 10.2. The Bertz CT molecular complexity index is 3080. The Balaban J connectivity index is 0.000000150. The average molecular weight is 843 g/mol. The van der Waals surface area contributed by atoms with E-state index in [4.69, 9.17) is 28.8 Å². The molecule has 4 heterocycles. The zero-order valence-corrected chi connectivity index (χ0v) is 34.9. The number of benzene rings is 6. The van der Waals surface area contributed by atoms with E-state index < -0.39 is 0 Å². The fourth-order valence-electron chi connectivity index (χ4n) is 7.22. The molecule has 63 heavy (non-hydrogen) atoms. The number of nitrogens with one attached hydrogen (secondary N) is 1. The van der Waals surface area contributed by atoms with Crippen LogP contribution in [0.3, 0.4) is 0 Å². The van der Waals surface area contributed by atoms with E-state index in [0.29, 0.717) is 35.3 Å². The number of rotatable bonds is 8. The SMILES string of the molecule is NCc1ccccc1.Nc1cncc(-c2nnc(Cl)c3c(-c4ccccc4)cccc23)c1.Nc1cncc(-c2nnc(NCc3ccccc3)c3c(-c4ccccc4)cccc23)c1. The molecule has 0 amide bonds. The first-order valence-electron chi connectivity index (χ1n) is 20.3. The van der Waals surface area contributed by atoms with Crippen LogP contribution in [0.4, 0.5) is 17.2 Å². The lowest BCUT2D eigenvalue weighted by Crippen LogP contribution is -2.05. The van der Waals surface area contributed by atoms with E-state index >= 15 is 0 Å². The van der Waals surface area contributed by atoms with Crippen LogP contribution in [-0.2, 0) is 13.1 Å². The van der Waals surface area contributed by atoms with Crippen LogP contribution in [0.15, 0.2) is 195 Å². The molecular weight excluding hydrogens is 800 g/mol. The first-order chi connectivity index (χ1) is 31.0. The van der Waals surface area contributed by atoms with Gasteiger partial charge in [-0.05, 0) is 45.5 Å². The van der Waals surface area contributed by atoms with Gasteiger partial charge in [0.25, 0.3) is 0 Å². The molecule has 0 saturated heterocycles. The molecule has 0 aliphatic heterocycles. The summed E-state index contributed by atoms with van der Waals surface area (Å²) in [6, 6.07) is 56.6. The first kappa shape index (κ1) is 41.7. The van der Waals surface area contributed by atoms with Crippen LogP contribution >= 0.6 is 11.6 Å². The van der Waals surface area contributed by atoms with Gasteiger partial charge >= 0.3 is 0 Å². The van der Waals surface area contributed by atoms with Crippen LogP contribution in [0.2, 0.25) is 5.15 Å². The number of fused-ring (bicyclic) bond motifs is 2. The summed E-state index contributed by atoms with van der Waals surface area (Å²) in [6.07, 6.45) is 6.73. The molecule has 0 atom stereocenters. The van der Waals surface area contributed by atoms with Crippen molar-refractivity contribution in [1.82, 2.24) is 30.4 Å². The summed E-state index contributed by atoms with van der Waals surface area (Å²) in [5.74, 6) is 0.749. The number of anilines is 3. The second-order valence-corrected chi connectivity index (χ2v) is 14.8. The average Bonchev–Trinajstić information content (AvgIpc) is 3.34. The molecule has 0 aliphatic rings. The number of pyridine rings is 2. The minimum atomic E-state index is 0.380. The highest BCUT2D eigenvalue weighted by Gasteiger charge is 2.17. The van der Waals surface area contributed by atoms with Gasteiger partial charge in [-0.25, -0.2) is 0 Å². The summed E-state index contributed by atoms with van der Waals surface area (Å²) in [6.45, 7) is 1.30. The van der Waals surface area contributed by atoms with Crippen molar-refractivity contribution in [3.8, 4) is 44.8 Å². The Kier molecular flexibility index (Phi) is 13.2. The van der Waals surface area contributed by atoms with Crippen LogP contribution in [0, 0.1) is 0 Å². The van der Waals surface area contributed by atoms with Crippen LogP contribution in [0.25, 0.3) is 66.3 Å². The Morgan fingerprint density at radius 2 is 0.905 bits per heavy atom. The van der Waals surface area contributed by atoms with Gasteiger partial charge in [-0.1, -0.05) is 169 Å². The number of nitrogens with two attached hydrogens (primary N) is 3. The maximum atomic E-state index is 6.39. The molecule has 0 saturated carbocycles. The minimum absolute atomic E-state index is 0.380. The summed E-state index contributed by atoms with van der Waals surface area (Å²) >= 11 is 6.39. The zero-order chi connectivity index (χ0) is 43.4. The van der Waals surface area contributed by atoms with Crippen molar-refractivity contribution in [1.29, 1.82) is 0 Å². The lowest BCUT2D eigenvalue weighted by Gasteiger charge is -2.15. The predicted octanol–water partition coefficient (Wildman–Crippen LogP) is 11.3. The standard InChI is InChI=1S/C26H21N5.C19H13ClN4.C7H9N/c27-21-14-20(16-28-17-21)25-23-13-7-12-22(19-10-5-2-6-11-19)24(23)26(31-30-25)29-15-18-8-3-1-4-9-18;20-19-17-15(12-5-2-1-3-6-12)7-4-8-16(17)18(23-24-19)13-9-14(21)11-22-10-13;8-6-7-4-2-1-3-5-7/h1-14,16-17H,15,27H2,(H,29,31);1-11H,21H2;1-5H,6,8H2. The van der Waals surface area contributed by atoms with Gasteiger partial charge in [0.1, 0.15) is 11.4 Å². The van der Waals surface area contributed by atoms with Crippen molar-refractivity contribution < 1.29 is 0 Å². The second-order valence-electron chi connectivity index (χ2n) is 14.5. The molecule has 10 aromatic rings. The molecule has 0 spiro atoms. The summed E-state index contributed by atoms with van der Waals surface area (Å²) in [7, 11) is 0. The molecule has 0 aliphatic carbocycles. The van der Waals surface area contributed by atoms with Gasteiger partial charge in [0.2, 0.25) is 0 Å². The molecule has 10 rings (SSSR count). The van der Waals surface area contributed by atoms with Crippen LogP contribution < -0.4 is 22.5 Å². The minimum Gasteiger partial charge on any atom is -0.397 e. The third-order valence-corrected chi connectivity index (χ3v) is 10.5. The highest BCUT2D eigenvalue weighted by molar-refractivity contribution is 6.35. The molecule has 10 nitrogen and oxygen atoms in total. The van der Waals surface area contributed by atoms with E-state index in [2.05, 4.69) is 78.1 Å². The van der Waals surface area contributed by atoms with Crippen LogP contribution in [0.1, 0.15) is 11.1 Å². The lowest BCUT2D eigenvalue weighted by molar-refractivity contribution is 1.02. The second kappa shape index (κ2) is 20.0. The summed E-state index contributed by atoms with van der Waals surface area (Å²) in [5, 5.41) is 25.3. The summed E-state index contributed by atoms with van der Waals surface area (Å²) < 4.78 is 0. The molecule has 0 unspecified atom stereocenters. The van der Waals surface area contributed by atoms with Crippen molar-refractivity contribution >= 4 is 50.3 Å². The van der Waals surface area contributed by atoms with E-state index in [9.17, 15) is 0 Å². The van der Waals surface area contributed by atoms with Crippen LogP contribution in [-0.4, -0.2) is 30.4 Å². The lowest BCUT2D eigenvalue weighted by atomic mass is 9.96. The Labute approximate surface area is 370 Å². The molecule has 7 N–H and O–H groups in total. The summed E-state index contributed by atoms with van der Waals surface area (Å²) in [5.41, 5.74) is 28.2. The first-order valence-corrected chi connectivity index (χ1v) is 20.6. The van der Waals surface area contributed by atoms with Crippen molar-refractivity contribution in [2.75, 3.05) is 16.8 Å². The fraction of sp³-hybridized carbons (Fsp3) is 0.0385. The van der Waals surface area contributed by atoms with Crippen molar-refractivity contribution in [2.24, 2.45) is 5.73 Å². The molecule has 308 valence electrons. The highest BCUT2D eigenvalue weighted by Crippen LogP contribution is 2.38. The van der Waals surface area contributed by atoms with Gasteiger partial charge in [-0.15, -0.1) is 20.4 Å². The largest absolute Gasteiger partial charge is 0.397 e. The number of halogens is 1. The normalized spacial score (nSPS) is 10.6. The van der Waals surface area contributed by atoms with Gasteiger partial charge in [0.05, 0.1) is 11.4 Å². The summed E-state index contributed by atoms with van der Waals surface area (Å²) in [4.78, 5) is 8.38. The van der Waals surface area contributed by atoms with Crippen LogP contribution in [0.5, 0.6) is 0 Å². The molecule has 4 aromatic heterocycles. The molecule has 0 fully saturated rings. The number of aromatic nitrogens is 6. The van der Waals surface area contributed by atoms with E-state index in [1.807, 2.05) is 127 Å². The molecular formula is C52H43ClN10. The maximum Gasteiger partial charge on any atom is 0.160 e. The Morgan fingerprint density at radius 3 is 1.40 bits per heavy atom. The Morgan fingerprint density at radius 1 is 0.444 bits per heavy atom. The quantitative estimate of drug-likeness (QED) is 0.116. The monoisotopic (exact) mass is 842 g/mol. The number of hydrogen-bond donors (Lipinski definition) is 4. The molecule has 0 radical (unpaired) electrons. The van der Waals surface area contributed by atoms with Crippen molar-refractivity contribution in [3.05, 3.63) is 211 Å². The highest BCUT2D eigenvalue weighted by atomic mass is 35.5. The topological polar surface area (TPSA) is 167 Å². The van der Waals surface area contributed by atoms with E-state index in [-0.39, 0.29) is 0 Å². The molecule has 6 aromatic carbocycles. The number of nitrogen functional groups attached to an aromatic ring is 2. The fourth-order valence-corrected chi connectivity index (χ4v) is 7.46. The predicted molar refractivity (Wildman–Crippen MR) is 258 cm³/mol. The van der Waals surface area contributed by atoms with Gasteiger partial charge < -0.3 is 22.5 Å². The zero-order valence-electron chi connectivity index (χ0n) is 34.2. The van der Waals surface area contributed by atoms with Gasteiger partial charge in [-0.2, -0.15) is 0 Å². The smallest absolute Gasteiger partial charge is 0.160 e.